The van der Waals surface area contributed by atoms with Gasteiger partial charge in [0, 0.05) is 12.7 Å². The summed E-state index contributed by atoms with van der Waals surface area (Å²) in [5.74, 6) is 1.64. The first-order valence-electron chi connectivity index (χ1n) is 6.00. The lowest BCUT2D eigenvalue weighted by molar-refractivity contribution is 0.471. The van der Waals surface area contributed by atoms with E-state index in [1.807, 2.05) is 13.0 Å². The second-order valence-corrected chi connectivity index (χ2v) is 4.49. The lowest BCUT2D eigenvalue weighted by atomic mass is 10.1. The van der Waals surface area contributed by atoms with Gasteiger partial charge in [-0.3, -0.25) is 4.98 Å². The van der Waals surface area contributed by atoms with Crippen molar-refractivity contribution < 1.29 is 4.74 Å². The van der Waals surface area contributed by atoms with Crippen LogP contribution in [-0.2, 0) is 6.54 Å². The molecular formula is C15H18N2O. The van der Waals surface area contributed by atoms with Crippen LogP contribution in [0.2, 0.25) is 0 Å². The Hall–Kier alpha value is -1.87. The van der Waals surface area contributed by atoms with Crippen molar-refractivity contribution in [2.75, 3.05) is 0 Å². The summed E-state index contributed by atoms with van der Waals surface area (Å²) in [4.78, 5) is 4.13. The summed E-state index contributed by atoms with van der Waals surface area (Å²) in [5.41, 5.74) is 10.1. The van der Waals surface area contributed by atoms with Gasteiger partial charge in [0.05, 0.1) is 6.20 Å². The molecule has 3 nitrogen and oxygen atoms in total. The van der Waals surface area contributed by atoms with E-state index in [0.717, 1.165) is 28.2 Å². The minimum atomic E-state index is 0.468. The Labute approximate surface area is 108 Å². The molecule has 0 unspecified atom stereocenters. The van der Waals surface area contributed by atoms with Crippen molar-refractivity contribution in [3.63, 3.8) is 0 Å². The molecule has 0 radical (unpaired) electrons. The average Bonchev–Trinajstić information content (AvgIpc) is 2.39. The van der Waals surface area contributed by atoms with Gasteiger partial charge in [-0.25, -0.2) is 0 Å². The molecule has 1 aromatic heterocycles. The third-order valence-corrected chi connectivity index (χ3v) is 3.10. The number of nitrogens with two attached hydrogens (primary N) is 1. The summed E-state index contributed by atoms with van der Waals surface area (Å²) < 4.78 is 5.95. The quantitative estimate of drug-likeness (QED) is 0.898. The van der Waals surface area contributed by atoms with Crippen LogP contribution in [0.15, 0.2) is 30.6 Å². The van der Waals surface area contributed by atoms with Crippen molar-refractivity contribution in [1.82, 2.24) is 4.98 Å². The molecule has 0 amide bonds. The minimum absolute atomic E-state index is 0.468. The number of hydrogen-bond acceptors (Lipinski definition) is 3. The van der Waals surface area contributed by atoms with Gasteiger partial charge in [0.2, 0.25) is 0 Å². The standard InChI is InChI=1S/C15H18N2O/c1-10-4-5-11(2)15(12(10)3)18-14-6-13(7-16)8-17-9-14/h4-6,8-9H,7,16H2,1-3H3. The van der Waals surface area contributed by atoms with Crippen LogP contribution in [0.5, 0.6) is 11.5 Å². The highest BCUT2D eigenvalue weighted by molar-refractivity contribution is 5.46. The molecule has 2 rings (SSSR count). The smallest absolute Gasteiger partial charge is 0.146 e. The Morgan fingerprint density at radius 3 is 2.56 bits per heavy atom. The van der Waals surface area contributed by atoms with Crippen LogP contribution < -0.4 is 10.5 Å². The fourth-order valence-corrected chi connectivity index (χ4v) is 1.83. The normalized spacial score (nSPS) is 10.4. The maximum atomic E-state index is 5.95. The van der Waals surface area contributed by atoms with Crippen molar-refractivity contribution in [2.24, 2.45) is 5.73 Å². The number of hydrogen-bond donors (Lipinski definition) is 1. The molecule has 2 N–H and O–H groups in total. The van der Waals surface area contributed by atoms with E-state index in [1.54, 1.807) is 12.4 Å². The van der Waals surface area contributed by atoms with Gasteiger partial charge in [-0.2, -0.15) is 0 Å². The largest absolute Gasteiger partial charge is 0.455 e. The van der Waals surface area contributed by atoms with E-state index in [1.165, 1.54) is 5.56 Å². The molecule has 0 saturated carbocycles. The van der Waals surface area contributed by atoms with Gasteiger partial charge in [0.1, 0.15) is 11.5 Å². The monoisotopic (exact) mass is 242 g/mol. The summed E-state index contributed by atoms with van der Waals surface area (Å²) in [5, 5.41) is 0. The molecule has 94 valence electrons. The Morgan fingerprint density at radius 1 is 1.11 bits per heavy atom. The van der Waals surface area contributed by atoms with E-state index in [9.17, 15) is 0 Å². The Morgan fingerprint density at radius 2 is 1.83 bits per heavy atom. The molecule has 0 aliphatic rings. The lowest BCUT2D eigenvalue weighted by Crippen LogP contribution is -1.98. The molecule has 1 aromatic carbocycles. The van der Waals surface area contributed by atoms with Gasteiger partial charge in [-0.05, 0) is 49.1 Å². The highest BCUT2D eigenvalue weighted by atomic mass is 16.5. The summed E-state index contributed by atoms with van der Waals surface area (Å²) in [6.45, 7) is 6.66. The molecule has 0 aliphatic carbocycles. The van der Waals surface area contributed by atoms with Gasteiger partial charge < -0.3 is 10.5 Å². The van der Waals surface area contributed by atoms with Crippen LogP contribution in [0.25, 0.3) is 0 Å². The van der Waals surface area contributed by atoms with Gasteiger partial charge in [-0.1, -0.05) is 12.1 Å². The molecule has 0 aliphatic heterocycles. The highest BCUT2D eigenvalue weighted by Gasteiger charge is 2.08. The first-order chi connectivity index (χ1) is 8.61. The van der Waals surface area contributed by atoms with Crippen molar-refractivity contribution in [1.29, 1.82) is 0 Å². The molecule has 0 fully saturated rings. The topological polar surface area (TPSA) is 48.1 Å². The van der Waals surface area contributed by atoms with Gasteiger partial charge in [0.15, 0.2) is 0 Å². The first kappa shape index (κ1) is 12.6. The van der Waals surface area contributed by atoms with Gasteiger partial charge in [0.25, 0.3) is 0 Å². The van der Waals surface area contributed by atoms with E-state index in [0.29, 0.717) is 6.54 Å². The number of rotatable bonds is 3. The predicted octanol–water partition coefficient (Wildman–Crippen LogP) is 3.26. The Kier molecular flexibility index (Phi) is 3.63. The third-order valence-electron chi connectivity index (χ3n) is 3.10. The van der Waals surface area contributed by atoms with Crippen molar-refractivity contribution >= 4 is 0 Å². The molecule has 3 heteroatoms. The lowest BCUT2D eigenvalue weighted by Gasteiger charge is -2.13. The van der Waals surface area contributed by atoms with Crippen LogP contribution in [0.1, 0.15) is 22.3 Å². The van der Waals surface area contributed by atoms with E-state index in [-0.39, 0.29) is 0 Å². The second kappa shape index (κ2) is 5.19. The summed E-state index contributed by atoms with van der Waals surface area (Å²) in [7, 11) is 0. The summed E-state index contributed by atoms with van der Waals surface area (Å²) in [6.07, 6.45) is 3.46. The predicted molar refractivity (Wildman–Crippen MR) is 72.9 cm³/mol. The SMILES string of the molecule is Cc1ccc(C)c(Oc2cncc(CN)c2)c1C. The zero-order valence-corrected chi connectivity index (χ0v) is 11.0. The molecular weight excluding hydrogens is 224 g/mol. The third kappa shape index (κ3) is 2.51. The minimum Gasteiger partial charge on any atom is -0.455 e. The molecule has 1 heterocycles. The van der Waals surface area contributed by atoms with Crippen molar-refractivity contribution in [3.8, 4) is 11.5 Å². The van der Waals surface area contributed by atoms with Crippen LogP contribution in [0.3, 0.4) is 0 Å². The van der Waals surface area contributed by atoms with Crippen LogP contribution >= 0.6 is 0 Å². The maximum absolute atomic E-state index is 5.95. The van der Waals surface area contributed by atoms with E-state index >= 15 is 0 Å². The summed E-state index contributed by atoms with van der Waals surface area (Å²) in [6, 6.07) is 6.10. The number of aromatic nitrogens is 1. The number of benzene rings is 1. The van der Waals surface area contributed by atoms with Crippen molar-refractivity contribution in [3.05, 3.63) is 52.8 Å². The maximum Gasteiger partial charge on any atom is 0.146 e. The van der Waals surface area contributed by atoms with E-state index in [4.69, 9.17) is 10.5 Å². The first-order valence-corrected chi connectivity index (χ1v) is 6.00. The second-order valence-electron chi connectivity index (χ2n) is 4.49. The van der Waals surface area contributed by atoms with Gasteiger partial charge in [-0.15, -0.1) is 0 Å². The Bertz CT molecular complexity index is 564. The van der Waals surface area contributed by atoms with Crippen LogP contribution in [0, 0.1) is 20.8 Å². The number of pyridine rings is 1. The molecule has 0 spiro atoms. The molecule has 18 heavy (non-hydrogen) atoms. The van der Waals surface area contributed by atoms with Crippen LogP contribution in [0.4, 0.5) is 0 Å². The van der Waals surface area contributed by atoms with E-state index in [2.05, 4.69) is 31.0 Å². The van der Waals surface area contributed by atoms with Crippen molar-refractivity contribution in [2.45, 2.75) is 27.3 Å². The average molecular weight is 242 g/mol. The van der Waals surface area contributed by atoms with E-state index < -0.39 is 0 Å². The van der Waals surface area contributed by atoms with Crippen LogP contribution in [-0.4, -0.2) is 4.98 Å². The highest BCUT2D eigenvalue weighted by Crippen LogP contribution is 2.30. The number of aryl methyl sites for hydroxylation is 2. The fraction of sp³-hybridized carbons (Fsp3) is 0.267. The molecule has 0 saturated heterocycles. The molecule has 0 atom stereocenters. The Balaban J connectivity index is 2.36. The number of nitrogens with zero attached hydrogens (tertiary/aromatic N) is 1. The summed E-state index contributed by atoms with van der Waals surface area (Å²) >= 11 is 0. The molecule has 2 aromatic rings. The fourth-order valence-electron chi connectivity index (χ4n) is 1.83. The molecule has 0 bridgehead atoms. The number of ether oxygens (including phenoxy) is 1. The zero-order valence-electron chi connectivity index (χ0n) is 11.0. The van der Waals surface area contributed by atoms with Gasteiger partial charge >= 0.3 is 0 Å². The zero-order chi connectivity index (χ0) is 13.1.